The van der Waals surface area contributed by atoms with Crippen LogP contribution in [0.2, 0.25) is 0 Å². The van der Waals surface area contributed by atoms with E-state index in [1.807, 2.05) is 22.9 Å². The van der Waals surface area contributed by atoms with Gasteiger partial charge in [0.15, 0.2) is 0 Å². The number of rotatable bonds is 2. The van der Waals surface area contributed by atoms with Gasteiger partial charge >= 0.3 is 0 Å². The lowest BCUT2D eigenvalue weighted by Gasteiger charge is -2.11. The monoisotopic (exact) mass is 321 g/mol. The van der Waals surface area contributed by atoms with Crippen LogP contribution in [-0.2, 0) is 6.42 Å². The Bertz CT molecular complexity index is 882. The van der Waals surface area contributed by atoms with E-state index >= 15 is 0 Å². The Hall–Kier alpha value is -2.62. The number of halogens is 1. The van der Waals surface area contributed by atoms with Crippen molar-refractivity contribution in [3.05, 3.63) is 65.5 Å². The van der Waals surface area contributed by atoms with Gasteiger partial charge in [-0.1, -0.05) is 30.3 Å². The van der Waals surface area contributed by atoms with Gasteiger partial charge < -0.3 is 5.32 Å². The number of nitrogens with zero attached hydrogens (tertiary/aromatic N) is 2. The number of hydrogen-bond acceptors (Lipinski definition) is 2. The molecule has 1 N–H and O–H groups in total. The standard InChI is InChI=1S/C20H20FN3/c1-14-7-2-3-11-18(14)24-20-17(10-4-5-12-22-20)19(23-24)15-8-6-9-16(21)13-15/h2-3,6-9,11,13,22H,4-5,10,12H2,1H3. The normalized spacial score (nSPS) is 13.9. The molecule has 3 nitrogen and oxygen atoms in total. The minimum Gasteiger partial charge on any atom is -0.370 e. The molecule has 2 aromatic carbocycles. The summed E-state index contributed by atoms with van der Waals surface area (Å²) in [7, 11) is 0. The van der Waals surface area contributed by atoms with E-state index in [4.69, 9.17) is 5.10 Å². The lowest BCUT2D eigenvalue weighted by atomic mass is 10.0. The molecule has 0 fully saturated rings. The van der Waals surface area contributed by atoms with Crippen LogP contribution in [0.3, 0.4) is 0 Å². The van der Waals surface area contributed by atoms with Gasteiger partial charge in [0.25, 0.3) is 0 Å². The lowest BCUT2D eigenvalue weighted by Crippen LogP contribution is -2.08. The predicted octanol–water partition coefficient (Wildman–Crippen LogP) is 4.74. The third-order valence-corrected chi connectivity index (χ3v) is 4.57. The summed E-state index contributed by atoms with van der Waals surface area (Å²) in [6, 6.07) is 14.9. The lowest BCUT2D eigenvalue weighted by molar-refractivity contribution is 0.628. The quantitative estimate of drug-likeness (QED) is 0.739. The fourth-order valence-electron chi connectivity index (χ4n) is 3.35. The Labute approximate surface area is 141 Å². The highest BCUT2D eigenvalue weighted by atomic mass is 19.1. The molecule has 0 radical (unpaired) electrons. The molecule has 4 heteroatoms. The van der Waals surface area contributed by atoms with Crippen LogP contribution >= 0.6 is 0 Å². The Morgan fingerprint density at radius 1 is 1.08 bits per heavy atom. The summed E-state index contributed by atoms with van der Waals surface area (Å²) in [6.45, 7) is 3.02. The van der Waals surface area contributed by atoms with E-state index in [-0.39, 0.29) is 5.82 Å². The van der Waals surface area contributed by atoms with Gasteiger partial charge in [0.1, 0.15) is 11.6 Å². The van der Waals surface area contributed by atoms with Crippen LogP contribution in [0.25, 0.3) is 16.9 Å². The summed E-state index contributed by atoms with van der Waals surface area (Å²) in [5.41, 5.74) is 5.12. The second-order valence-electron chi connectivity index (χ2n) is 6.27. The summed E-state index contributed by atoms with van der Waals surface area (Å²) in [4.78, 5) is 0. The van der Waals surface area contributed by atoms with E-state index in [2.05, 4.69) is 24.4 Å². The van der Waals surface area contributed by atoms with E-state index < -0.39 is 0 Å². The number of aryl methyl sites for hydroxylation is 1. The maximum Gasteiger partial charge on any atom is 0.133 e. The van der Waals surface area contributed by atoms with Crippen LogP contribution in [0.15, 0.2) is 48.5 Å². The molecule has 0 bridgehead atoms. The fourth-order valence-corrected chi connectivity index (χ4v) is 3.35. The zero-order valence-corrected chi connectivity index (χ0v) is 13.7. The van der Waals surface area contributed by atoms with Gasteiger partial charge in [0, 0.05) is 17.7 Å². The Morgan fingerprint density at radius 3 is 2.79 bits per heavy atom. The van der Waals surface area contributed by atoms with Crippen molar-refractivity contribution in [1.29, 1.82) is 0 Å². The molecule has 1 aliphatic rings. The summed E-state index contributed by atoms with van der Waals surface area (Å²) < 4.78 is 15.7. The minimum absolute atomic E-state index is 0.228. The number of para-hydroxylation sites is 1. The van der Waals surface area contributed by atoms with Crippen LogP contribution in [-0.4, -0.2) is 16.3 Å². The van der Waals surface area contributed by atoms with Crippen molar-refractivity contribution in [1.82, 2.24) is 9.78 Å². The van der Waals surface area contributed by atoms with Crippen molar-refractivity contribution in [2.24, 2.45) is 0 Å². The molecule has 1 aliphatic heterocycles. The Balaban J connectivity index is 1.94. The highest BCUT2D eigenvalue weighted by Crippen LogP contribution is 2.34. The van der Waals surface area contributed by atoms with Gasteiger partial charge in [-0.25, -0.2) is 9.07 Å². The third kappa shape index (κ3) is 2.58. The van der Waals surface area contributed by atoms with Crippen molar-refractivity contribution in [3.63, 3.8) is 0 Å². The highest BCUT2D eigenvalue weighted by Gasteiger charge is 2.22. The van der Waals surface area contributed by atoms with Crippen LogP contribution in [0.5, 0.6) is 0 Å². The minimum atomic E-state index is -0.228. The average molecular weight is 321 g/mol. The molecule has 1 aromatic heterocycles. The van der Waals surface area contributed by atoms with Gasteiger partial charge in [0.05, 0.1) is 11.4 Å². The molecular weight excluding hydrogens is 301 g/mol. The largest absolute Gasteiger partial charge is 0.370 e. The molecule has 0 amide bonds. The first-order chi connectivity index (χ1) is 11.7. The third-order valence-electron chi connectivity index (χ3n) is 4.57. The molecule has 0 unspecified atom stereocenters. The van der Waals surface area contributed by atoms with E-state index in [1.54, 1.807) is 12.1 Å². The van der Waals surface area contributed by atoms with E-state index in [9.17, 15) is 4.39 Å². The van der Waals surface area contributed by atoms with Crippen molar-refractivity contribution < 1.29 is 4.39 Å². The molecule has 0 atom stereocenters. The Morgan fingerprint density at radius 2 is 1.96 bits per heavy atom. The number of nitrogens with one attached hydrogen (secondary N) is 1. The molecule has 3 aromatic rings. The van der Waals surface area contributed by atoms with Gasteiger partial charge in [-0.3, -0.25) is 0 Å². The van der Waals surface area contributed by atoms with Gasteiger partial charge in [-0.15, -0.1) is 0 Å². The number of hydrogen-bond donors (Lipinski definition) is 1. The highest BCUT2D eigenvalue weighted by molar-refractivity contribution is 5.71. The van der Waals surface area contributed by atoms with Crippen molar-refractivity contribution >= 4 is 5.82 Å². The van der Waals surface area contributed by atoms with Crippen molar-refractivity contribution in [3.8, 4) is 16.9 Å². The van der Waals surface area contributed by atoms with Crippen LogP contribution in [0, 0.1) is 12.7 Å². The van der Waals surface area contributed by atoms with Crippen LogP contribution < -0.4 is 5.32 Å². The topological polar surface area (TPSA) is 29.9 Å². The molecule has 4 rings (SSSR count). The maximum atomic E-state index is 13.7. The summed E-state index contributed by atoms with van der Waals surface area (Å²) >= 11 is 0. The molecule has 0 aliphatic carbocycles. The van der Waals surface area contributed by atoms with Crippen molar-refractivity contribution in [2.75, 3.05) is 11.9 Å². The summed E-state index contributed by atoms with van der Waals surface area (Å²) in [5.74, 6) is 0.814. The van der Waals surface area contributed by atoms with Gasteiger partial charge in [-0.2, -0.15) is 5.10 Å². The number of anilines is 1. The zero-order valence-electron chi connectivity index (χ0n) is 13.7. The van der Waals surface area contributed by atoms with Crippen LogP contribution in [0.1, 0.15) is 24.0 Å². The van der Waals surface area contributed by atoms with Gasteiger partial charge in [0.2, 0.25) is 0 Å². The van der Waals surface area contributed by atoms with Crippen molar-refractivity contribution in [2.45, 2.75) is 26.2 Å². The molecule has 0 spiro atoms. The number of fused-ring (bicyclic) bond motifs is 1. The first kappa shape index (κ1) is 14.9. The van der Waals surface area contributed by atoms with E-state index in [1.165, 1.54) is 17.2 Å². The molecule has 24 heavy (non-hydrogen) atoms. The predicted molar refractivity (Wildman–Crippen MR) is 95.1 cm³/mol. The molecule has 0 saturated heterocycles. The van der Waals surface area contributed by atoms with E-state index in [0.717, 1.165) is 48.6 Å². The summed E-state index contributed by atoms with van der Waals surface area (Å²) in [6.07, 6.45) is 3.20. The maximum absolute atomic E-state index is 13.7. The number of aromatic nitrogens is 2. The SMILES string of the molecule is Cc1ccccc1-n1nc(-c2cccc(F)c2)c2c1NCCCC2. The van der Waals surface area contributed by atoms with Gasteiger partial charge in [-0.05, 0) is 49.9 Å². The first-order valence-corrected chi connectivity index (χ1v) is 8.42. The second kappa shape index (κ2) is 6.11. The zero-order chi connectivity index (χ0) is 16.5. The fraction of sp³-hybridized carbons (Fsp3) is 0.250. The second-order valence-corrected chi connectivity index (χ2v) is 6.27. The smallest absolute Gasteiger partial charge is 0.133 e. The van der Waals surface area contributed by atoms with Crippen LogP contribution in [0.4, 0.5) is 10.2 Å². The van der Waals surface area contributed by atoms with E-state index in [0.29, 0.717) is 0 Å². The Kier molecular flexibility index (Phi) is 3.81. The molecule has 2 heterocycles. The molecule has 0 saturated carbocycles. The molecular formula is C20H20FN3. The average Bonchev–Trinajstić information content (AvgIpc) is 2.77. The number of benzene rings is 2. The first-order valence-electron chi connectivity index (χ1n) is 8.42. The summed E-state index contributed by atoms with van der Waals surface area (Å²) in [5, 5.41) is 8.39. The molecule has 122 valence electrons.